The summed E-state index contributed by atoms with van der Waals surface area (Å²) in [4.78, 5) is 12.2. The largest absolute Gasteiger partial charge is 0.333 e. The van der Waals surface area contributed by atoms with Gasteiger partial charge in [-0.2, -0.15) is 0 Å². The number of rotatable bonds is 6. The highest BCUT2D eigenvalue weighted by atomic mass is 32.2. The normalized spacial score (nSPS) is 11.5. The zero-order valence-electron chi connectivity index (χ0n) is 15.9. The number of urea groups is 1. The minimum atomic E-state index is -4.03. The molecule has 0 aromatic heterocycles. The number of carbonyl (C=O) groups is 1. The molecule has 0 bridgehead atoms. The third-order valence-corrected chi connectivity index (χ3v) is 6.73. The summed E-state index contributed by atoms with van der Waals surface area (Å²) in [5, 5.41) is 2.38. The van der Waals surface area contributed by atoms with Crippen molar-refractivity contribution in [2.45, 2.75) is 16.7 Å². The number of amides is 2. The molecule has 0 aliphatic rings. The van der Waals surface area contributed by atoms with Gasteiger partial charge in [-0.05, 0) is 49.4 Å². The molecule has 0 saturated heterocycles. The summed E-state index contributed by atoms with van der Waals surface area (Å²) < 4.78 is 53.7. The standard InChI is InChI=1S/C20H19N3O5S2/c1-15-10-12-19(13-11-15)29(25,26)22-17-7-5-6-16(14-17)21-20(24)23-30(27,28)18-8-3-2-4-9-18/h2-14,22H,1H3,(H2,21,23,24). The van der Waals surface area contributed by atoms with Crippen LogP contribution < -0.4 is 14.8 Å². The maximum atomic E-state index is 12.5. The van der Waals surface area contributed by atoms with Crippen molar-refractivity contribution < 1.29 is 21.6 Å². The summed E-state index contributed by atoms with van der Waals surface area (Å²) in [5.74, 6) is 0. The lowest BCUT2D eigenvalue weighted by molar-refractivity contribution is 0.256. The highest BCUT2D eigenvalue weighted by molar-refractivity contribution is 7.92. The van der Waals surface area contributed by atoms with E-state index in [1.54, 1.807) is 18.2 Å². The van der Waals surface area contributed by atoms with Gasteiger partial charge >= 0.3 is 6.03 Å². The first-order chi connectivity index (χ1) is 14.2. The van der Waals surface area contributed by atoms with Crippen LogP contribution in [0.3, 0.4) is 0 Å². The fourth-order valence-corrected chi connectivity index (χ4v) is 4.51. The van der Waals surface area contributed by atoms with Crippen LogP contribution in [0, 0.1) is 6.92 Å². The van der Waals surface area contributed by atoms with Crippen LogP contribution in [0.25, 0.3) is 0 Å². The van der Waals surface area contributed by atoms with Crippen molar-refractivity contribution in [1.82, 2.24) is 4.72 Å². The van der Waals surface area contributed by atoms with Crippen LogP contribution >= 0.6 is 0 Å². The van der Waals surface area contributed by atoms with Gasteiger partial charge in [0.15, 0.2) is 0 Å². The molecular formula is C20H19N3O5S2. The second-order valence-corrected chi connectivity index (χ2v) is 9.74. The topological polar surface area (TPSA) is 121 Å². The highest BCUT2D eigenvalue weighted by Crippen LogP contribution is 2.20. The van der Waals surface area contributed by atoms with Crippen LogP contribution in [0.1, 0.15) is 5.56 Å². The van der Waals surface area contributed by atoms with Crippen molar-refractivity contribution in [3.05, 3.63) is 84.4 Å². The monoisotopic (exact) mass is 445 g/mol. The van der Waals surface area contributed by atoms with E-state index in [1.807, 2.05) is 11.6 Å². The first-order valence-corrected chi connectivity index (χ1v) is 11.7. The predicted octanol–water partition coefficient (Wildman–Crippen LogP) is 3.31. The lowest BCUT2D eigenvalue weighted by Crippen LogP contribution is -2.34. The Morgan fingerprint density at radius 1 is 0.700 bits per heavy atom. The van der Waals surface area contributed by atoms with E-state index in [0.29, 0.717) is 0 Å². The van der Waals surface area contributed by atoms with Crippen LogP contribution in [0.5, 0.6) is 0 Å². The van der Waals surface area contributed by atoms with Crippen molar-refractivity contribution in [2.75, 3.05) is 10.0 Å². The van der Waals surface area contributed by atoms with Gasteiger partial charge in [0.05, 0.1) is 15.5 Å². The van der Waals surface area contributed by atoms with Gasteiger partial charge in [-0.1, -0.05) is 42.0 Å². The summed E-state index contributed by atoms with van der Waals surface area (Å²) in [5.41, 5.74) is 1.34. The molecule has 0 unspecified atom stereocenters. The van der Waals surface area contributed by atoms with Gasteiger partial charge in [0.25, 0.3) is 20.0 Å². The minimum Gasteiger partial charge on any atom is -0.307 e. The Kier molecular flexibility index (Phi) is 6.09. The van der Waals surface area contributed by atoms with E-state index in [2.05, 4.69) is 10.0 Å². The summed E-state index contributed by atoms with van der Waals surface area (Å²) in [6.07, 6.45) is 0. The first-order valence-electron chi connectivity index (χ1n) is 8.74. The molecule has 3 aromatic carbocycles. The van der Waals surface area contributed by atoms with E-state index >= 15 is 0 Å². The molecule has 0 atom stereocenters. The molecule has 0 fully saturated rings. The second-order valence-electron chi connectivity index (χ2n) is 6.37. The van der Waals surface area contributed by atoms with E-state index in [4.69, 9.17) is 0 Å². The van der Waals surface area contributed by atoms with E-state index in [9.17, 15) is 21.6 Å². The van der Waals surface area contributed by atoms with Gasteiger partial charge in [0.1, 0.15) is 0 Å². The predicted molar refractivity (Wildman–Crippen MR) is 114 cm³/mol. The SMILES string of the molecule is Cc1ccc(S(=O)(=O)Nc2cccc(NC(=O)NS(=O)(=O)c3ccccc3)c2)cc1. The number of hydrogen-bond acceptors (Lipinski definition) is 5. The van der Waals surface area contributed by atoms with Crippen molar-refractivity contribution in [2.24, 2.45) is 0 Å². The minimum absolute atomic E-state index is 0.0558. The molecule has 2 amide bonds. The van der Waals surface area contributed by atoms with Crippen LogP contribution in [0.4, 0.5) is 16.2 Å². The molecule has 3 N–H and O–H groups in total. The third kappa shape index (κ3) is 5.37. The Balaban J connectivity index is 1.71. The molecule has 0 aliphatic heterocycles. The Bertz CT molecular complexity index is 1260. The first kappa shape index (κ1) is 21.3. The quantitative estimate of drug-likeness (QED) is 0.537. The molecule has 10 heteroatoms. The van der Waals surface area contributed by atoms with E-state index in [0.717, 1.165) is 5.56 Å². The van der Waals surface area contributed by atoms with Gasteiger partial charge < -0.3 is 5.32 Å². The number of hydrogen-bond donors (Lipinski definition) is 3. The van der Waals surface area contributed by atoms with E-state index in [-0.39, 0.29) is 21.2 Å². The summed E-state index contributed by atoms with van der Waals surface area (Å²) in [7, 11) is -7.85. The summed E-state index contributed by atoms with van der Waals surface area (Å²) >= 11 is 0. The number of anilines is 2. The third-order valence-electron chi connectivity index (χ3n) is 3.98. The Labute approximate surface area is 175 Å². The van der Waals surface area contributed by atoms with Crippen LogP contribution in [0.2, 0.25) is 0 Å². The lowest BCUT2D eigenvalue weighted by atomic mass is 10.2. The van der Waals surface area contributed by atoms with Crippen molar-refractivity contribution >= 4 is 37.5 Å². The fourth-order valence-electron chi connectivity index (χ4n) is 2.53. The second kappa shape index (κ2) is 8.56. The Morgan fingerprint density at radius 2 is 1.30 bits per heavy atom. The molecular weight excluding hydrogens is 426 g/mol. The van der Waals surface area contributed by atoms with Crippen molar-refractivity contribution in [3.8, 4) is 0 Å². The van der Waals surface area contributed by atoms with Crippen LogP contribution in [-0.4, -0.2) is 22.9 Å². The average molecular weight is 446 g/mol. The van der Waals surface area contributed by atoms with Gasteiger partial charge in [-0.15, -0.1) is 0 Å². The zero-order chi connectivity index (χ0) is 21.8. The smallest absolute Gasteiger partial charge is 0.307 e. The molecule has 0 aliphatic carbocycles. The maximum absolute atomic E-state index is 12.5. The average Bonchev–Trinajstić information content (AvgIpc) is 2.68. The zero-order valence-corrected chi connectivity index (χ0v) is 17.5. The van der Waals surface area contributed by atoms with Crippen molar-refractivity contribution in [3.63, 3.8) is 0 Å². The van der Waals surface area contributed by atoms with Crippen LogP contribution in [0.15, 0.2) is 88.7 Å². The molecule has 3 aromatic rings. The molecule has 0 heterocycles. The fraction of sp³-hybridized carbons (Fsp3) is 0.0500. The molecule has 156 valence electrons. The number of benzene rings is 3. The molecule has 30 heavy (non-hydrogen) atoms. The molecule has 3 rings (SSSR count). The van der Waals surface area contributed by atoms with Gasteiger partial charge in [-0.25, -0.2) is 26.4 Å². The summed E-state index contributed by atoms with van der Waals surface area (Å²) in [6.45, 7) is 1.85. The molecule has 8 nitrogen and oxygen atoms in total. The highest BCUT2D eigenvalue weighted by Gasteiger charge is 2.18. The molecule has 0 radical (unpaired) electrons. The van der Waals surface area contributed by atoms with Crippen LogP contribution in [-0.2, 0) is 20.0 Å². The Morgan fingerprint density at radius 3 is 1.97 bits per heavy atom. The van der Waals surface area contributed by atoms with E-state index < -0.39 is 26.1 Å². The number of carbonyl (C=O) groups excluding carboxylic acids is 1. The molecule has 0 saturated carbocycles. The van der Waals surface area contributed by atoms with Gasteiger partial charge in [-0.3, -0.25) is 4.72 Å². The maximum Gasteiger partial charge on any atom is 0.333 e. The number of nitrogens with one attached hydrogen (secondary N) is 3. The van der Waals surface area contributed by atoms with Gasteiger partial charge in [0.2, 0.25) is 0 Å². The lowest BCUT2D eigenvalue weighted by Gasteiger charge is -2.11. The Hall–Kier alpha value is -3.37. The van der Waals surface area contributed by atoms with Crippen molar-refractivity contribution in [1.29, 1.82) is 0 Å². The number of aryl methyl sites for hydroxylation is 1. The number of sulfonamides is 2. The van der Waals surface area contributed by atoms with E-state index in [1.165, 1.54) is 60.7 Å². The molecule has 0 spiro atoms. The van der Waals surface area contributed by atoms with Gasteiger partial charge in [0, 0.05) is 5.69 Å². The summed E-state index contributed by atoms with van der Waals surface area (Å²) in [6, 6.07) is 18.7.